The quantitative estimate of drug-likeness (QED) is 0.700. The molecular weight excluding hydrogens is 408 g/mol. The number of hydrogen-bond acceptors (Lipinski definition) is 3. The van der Waals surface area contributed by atoms with Gasteiger partial charge in [-0.25, -0.2) is 4.90 Å². The molecule has 3 amide bonds. The molecule has 2 aromatic carbocycles. The number of halogens is 1. The minimum absolute atomic E-state index is 0.0308. The van der Waals surface area contributed by atoms with Crippen molar-refractivity contribution < 1.29 is 14.4 Å². The van der Waals surface area contributed by atoms with Crippen LogP contribution in [0, 0.1) is 6.92 Å². The summed E-state index contributed by atoms with van der Waals surface area (Å²) in [5, 5.41) is 0. The van der Waals surface area contributed by atoms with Crippen molar-refractivity contribution in [2.24, 2.45) is 0 Å². The zero-order valence-electron chi connectivity index (χ0n) is 14.9. The van der Waals surface area contributed by atoms with Gasteiger partial charge in [0, 0.05) is 16.1 Å². The van der Waals surface area contributed by atoms with Gasteiger partial charge in [0.05, 0.1) is 12.1 Å². The van der Waals surface area contributed by atoms with Crippen molar-refractivity contribution in [3.8, 4) is 0 Å². The summed E-state index contributed by atoms with van der Waals surface area (Å²) in [5.41, 5.74) is 2.00. The highest BCUT2D eigenvalue weighted by Gasteiger charge is 2.49. The third-order valence-corrected chi connectivity index (χ3v) is 5.62. The van der Waals surface area contributed by atoms with Gasteiger partial charge in [-0.1, -0.05) is 34.1 Å². The van der Waals surface area contributed by atoms with Crippen LogP contribution in [0.25, 0.3) is 0 Å². The number of carbonyl (C=O) groups is 3. The van der Waals surface area contributed by atoms with Gasteiger partial charge < -0.3 is 4.90 Å². The first-order chi connectivity index (χ1) is 13.0. The van der Waals surface area contributed by atoms with E-state index in [0.29, 0.717) is 11.3 Å². The fourth-order valence-corrected chi connectivity index (χ4v) is 3.83. The molecule has 0 bridgehead atoms. The average molecular weight is 427 g/mol. The number of nitrogens with zero attached hydrogens (tertiary/aromatic N) is 2. The molecule has 1 saturated carbocycles. The molecule has 1 atom stereocenters. The van der Waals surface area contributed by atoms with Crippen LogP contribution in [0.4, 0.5) is 5.69 Å². The van der Waals surface area contributed by atoms with E-state index in [0.717, 1.165) is 22.9 Å². The summed E-state index contributed by atoms with van der Waals surface area (Å²) >= 11 is 3.36. The minimum Gasteiger partial charge on any atom is -0.323 e. The highest BCUT2D eigenvalue weighted by molar-refractivity contribution is 9.10. The maximum atomic E-state index is 13.2. The van der Waals surface area contributed by atoms with Crippen LogP contribution in [-0.2, 0) is 9.59 Å². The van der Waals surface area contributed by atoms with Crippen molar-refractivity contribution in [1.29, 1.82) is 0 Å². The molecule has 1 aliphatic carbocycles. The minimum atomic E-state index is -0.735. The van der Waals surface area contributed by atoms with E-state index in [2.05, 4.69) is 15.9 Å². The summed E-state index contributed by atoms with van der Waals surface area (Å²) in [7, 11) is 0. The first kappa shape index (κ1) is 17.9. The molecule has 0 N–H and O–H groups in total. The zero-order valence-corrected chi connectivity index (χ0v) is 16.5. The largest absolute Gasteiger partial charge is 0.323 e. The van der Waals surface area contributed by atoms with E-state index in [1.54, 1.807) is 35.2 Å². The molecule has 0 spiro atoms. The van der Waals surface area contributed by atoms with Crippen LogP contribution in [0.2, 0.25) is 0 Å². The molecule has 1 aliphatic heterocycles. The Kier molecular flexibility index (Phi) is 4.60. The molecule has 27 heavy (non-hydrogen) atoms. The zero-order chi connectivity index (χ0) is 19.1. The summed E-state index contributed by atoms with van der Waals surface area (Å²) in [5.74, 6) is -0.758. The Hall–Kier alpha value is -2.47. The lowest BCUT2D eigenvalue weighted by Crippen LogP contribution is -2.47. The van der Waals surface area contributed by atoms with E-state index < -0.39 is 6.04 Å². The van der Waals surface area contributed by atoms with Gasteiger partial charge in [0.25, 0.3) is 11.8 Å². The van der Waals surface area contributed by atoms with Crippen LogP contribution in [-0.4, -0.2) is 34.7 Å². The second kappa shape index (κ2) is 6.93. The van der Waals surface area contributed by atoms with Crippen molar-refractivity contribution in [2.45, 2.75) is 38.3 Å². The topological polar surface area (TPSA) is 57.7 Å². The standard InChI is InChI=1S/C21H19BrN2O3/c1-13-4-2-3-5-17(13)20(26)23(15-10-11-15)18-12-19(25)24(21(18)27)16-8-6-14(22)7-9-16/h2-9,15,18H,10-12H2,1H3. The number of hydrogen-bond donors (Lipinski definition) is 0. The predicted molar refractivity (Wildman–Crippen MR) is 105 cm³/mol. The molecule has 1 saturated heterocycles. The number of carbonyl (C=O) groups excluding carboxylic acids is 3. The lowest BCUT2D eigenvalue weighted by atomic mass is 10.1. The lowest BCUT2D eigenvalue weighted by Gasteiger charge is -2.28. The van der Waals surface area contributed by atoms with Crippen molar-refractivity contribution in [1.82, 2.24) is 4.90 Å². The fourth-order valence-electron chi connectivity index (χ4n) is 3.56. The van der Waals surface area contributed by atoms with Gasteiger partial charge in [-0.2, -0.15) is 0 Å². The Morgan fingerprint density at radius 2 is 1.74 bits per heavy atom. The first-order valence-corrected chi connectivity index (χ1v) is 9.77. The molecule has 0 aromatic heterocycles. The Balaban J connectivity index is 1.65. The third-order valence-electron chi connectivity index (χ3n) is 5.09. The van der Waals surface area contributed by atoms with E-state index in [4.69, 9.17) is 0 Å². The molecule has 6 heteroatoms. The van der Waals surface area contributed by atoms with E-state index >= 15 is 0 Å². The average Bonchev–Trinajstić information content (AvgIpc) is 3.43. The fraction of sp³-hybridized carbons (Fsp3) is 0.286. The summed E-state index contributed by atoms with van der Waals surface area (Å²) in [6, 6.07) is 13.7. The molecule has 4 rings (SSSR count). The van der Waals surface area contributed by atoms with Crippen molar-refractivity contribution >= 4 is 39.3 Å². The molecule has 2 aliphatic rings. The van der Waals surface area contributed by atoms with Crippen LogP contribution in [0.15, 0.2) is 53.0 Å². The summed E-state index contributed by atoms with van der Waals surface area (Å²) in [6.07, 6.45) is 1.77. The Morgan fingerprint density at radius 3 is 2.37 bits per heavy atom. The maximum absolute atomic E-state index is 13.2. The van der Waals surface area contributed by atoms with Gasteiger partial charge in [0.2, 0.25) is 5.91 Å². The van der Waals surface area contributed by atoms with Gasteiger partial charge >= 0.3 is 0 Å². The van der Waals surface area contributed by atoms with Gasteiger partial charge in [-0.05, 0) is 55.7 Å². The maximum Gasteiger partial charge on any atom is 0.257 e. The summed E-state index contributed by atoms with van der Waals surface area (Å²) in [6.45, 7) is 1.88. The Labute approximate surface area is 166 Å². The van der Waals surface area contributed by atoms with Crippen LogP contribution < -0.4 is 4.90 Å². The molecule has 5 nitrogen and oxygen atoms in total. The highest BCUT2D eigenvalue weighted by atomic mass is 79.9. The monoisotopic (exact) mass is 426 g/mol. The predicted octanol–water partition coefficient (Wildman–Crippen LogP) is 3.69. The van der Waals surface area contributed by atoms with Crippen molar-refractivity contribution in [2.75, 3.05) is 4.90 Å². The number of amides is 3. The summed E-state index contributed by atoms with van der Waals surface area (Å²) < 4.78 is 0.872. The van der Waals surface area contributed by atoms with Crippen molar-refractivity contribution in [3.63, 3.8) is 0 Å². The van der Waals surface area contributed by atoms with E-state index in [1.165, 1.54) is 4.90 Å². The first-order valence-electron chi connectivity index (χ1n) is 8.98. The molecule has 1 heterocycles. The Bertz CT molecular complexity index is 921. The number of benzene rings is 2. The van der Waals surface area contributed by atoms with Crippen molar-refractivity contribution in [3.05, 3.63) is 64.1 Å². The van der Waals surface area contributed by atoms with Crippen LogP contribution >= 0.6 is 15.9 Å². The number of imide groups is 1. The molecule has 1 unspecified atom stereocenters. The highest BCUT2D eigenvalue weighted by Crippen LogP contribution is 2.35. The van der Waals surface area contributed by atoms with E-state index in [1.807, 2.05) is 25.1 Å². The lowest BCUT2D eigenvalue weighted by molar-refractivity contribution is -0.122. The van der Waals surface area contributed by atoms with Gasteiger partial charge in [0.1, 0.15) is 6.04 Å². The molecule has 138 valence electrons. The third kappa shape index (κ3) is 3.30. The SMILES string of the molecule is Cc1ccccc1C(=O)N(C1CC1)C1CC(=O)N(c2ccc(Br)cc2)C1=O. The van der Waals surface area contributed by atoms with Crippen LogP contribution in [0.5, 0.6) is 0 Å². The van der Waals surface area contributed by atoms with Crippen LogP contribution in [0.1, 0.15) is 35.2 Å². The summed E-state index contributed by atoms with van der Waals surface area (Å²) in [4.78, 5) is 41.8. The molecule has 2 aromatic rings. The van der Waals surface area contributed by atoms with Gasteiger partial charge in [0.15, 0.2) is 0 Å². The van der Waals surface area contributed by atoms with Crippen LogP contribution in [0.3, 0.4) is 0 Å². The van der Waals surface area contributed by atoms with Gasteiger partial charge in [-0.3, -0.25) is 14.4 Å². The normalized spacial score (nSPS) is 19.5. The smallest absolute Gasteiger partial charge is 0.257 e. The number of aryl methyl sites for hydroxylation is 1. The van der Waals surface area contributed by atoms with Gasteiger partial charge in [-0.15, -0.1) is 0 Å². The molecule has 0 radical (unpaired) electrons. The van der Waals surface area contributed by atoms with E-state index in [9.17, 15) is 14.4 Å². The second-order valence-corrected chi connectivity index (χ2v) is 7.94. The molecule has 2 fully saturated rings. The Morgan fingerprint density at radius 1 is 1.07 bits per heavy atom. The molecular formula is C21H19BrN2O3. The number of rotatable bonds is 4. The van der Waals surface area contributed by atoms with E-state index in [-0.39, 0.29) is 30.2 Å². The number of anilines is 1. The second-order valence-electron chi connectivity index (χ2n) is 7.02.